The minimum atomic E-state index is -3.87. The average Bonchev–Trinajstić information content (AvgIpc) is 3.14. The van der Waals surface area contributed by atoms with E-state index in [4.69, 9.17) is 9.47 Å². The number of benzene rings is 1. The van der Waals surface area contributed by atoms with Crippen molar-refractivity contribution < 1.29 is 27.5 Å². The summed E-state index contributed by atoms with van der Waals surface area (Å²) in [5.74, 6) is -0.710. The van der Waals surface area contributed by atoms with Gasteiger partial charge >= 0.3 is 12.1 Å². The van der Waals surface area contributed by atoms with E-state index < -0.39 is 45.3 Å². The lowest BCUT2D eigenvalue weighted by Gasteiger charge is -2.23. The van der Waals surface area contributed by atoms with Crippen molar-refractivity contribution in [1.29, 1.82) is 0 Å². The van der Waals surface area contributed by atoms with Crippen LogP contribution in [0.1, 0.15) is 47.1 Å². The molecule has 0 bridgehead atoms. The molecule has 1 unspecified atom stereocenters. The van der Waals surface area contributed by atoms with E-state index in [1.807, 2.05) is 6.92 Å². The van der Waals surface area contributed by atoms with Gasteiger partial charge in [-0.2, -0.15) is 4.31 Å². The number of nitrogens with one attached hydrogen (secondary N) is 1. The molecule has 9 heteroatoms. The van der Waals surface area contributed by atoms with Crippen LogP contribution in [0, 0.1) is 6.92 Å². The van der Waals surface area contributed by atoms with E-state index in [-0.39, 0.29) is 11.5 Å². The molecule has 1 heterocycles. The zero-order valence-electron chi connectivity index (χ0n) is 18.0. The number of nitrogens with zero attached hydrogens (tertiary/aromatic N) is 1. The first-order valence-electron chi connectivity index (χ1n) is 9.49. The van der Waals surface area contributed by atoms with Gasteiger partial charge < -0.3 is 14.8 Å². The second-order valence-corrected chi connectivity index (χ2v) is 10.4. The van der Waals surface area contributed by atoms with Gasteiger partial charge in [0.05, 0.1) is 23.1 Å². The molecule has 1 aromatic rings. The molecule has 1 aliphatic rings. The number of carbonyl (C=O) groups is 2. The van der Waals surface area contributed by atoms with Gasteiger partial charge in [-0.1, -0.05) is 17.7 Å². The average molecular weight is 427 g/mol. The number of rotatable bonds is 6. The van der Waals surface area contributed by atoms with Crippen LogP contribution in [-0.4, -0.2) is 54.6 Å². The van der Waals surface area contributed by atoms with Gasteiger partial charge in [0.1, 0.15) is 11.6 Å². The van der Waals surface area contributed by atoms with Crippen molar-refractivity contribution in [2.45, 2.75) is 76.6 Å². The molecule has 1 aliphatic heterocycles. The maximum absolute atomic E-state index is 13.2. The molecule has 3 atom stereocenters. The Morgan fingerprint density at radius 1 is 1.21 bits per heavy atom. The van der Waals surface area contributed by atoms with Gasteiger partial charge in [0.2, 0.25) is 10.0 Å². The second-order valence-electron chi connectivity index (χ2n) is 8.59. The molecule has 0 aliphatic carbocycles. The topological polar surface area (TPSA) is 102 Å². The standard InChI is InChI=1S/C20H30N2O6S/c1-8-27-17(23)15(21-18(24)28-19(3,4)5)16-20(6,7)22(16)29(25,26)14-11-9-13(2)10-12-14/h9-12,15-16H,8H2,1-7H3,(H,21,24)/t15-,16-,22?/m0/s1. The molecule has 1 N–H and O–H groups in total. The fourth-order valence-corrected chi connectivity index (χ4v) is 5.31. The molecular formula is C20H30N2O6S. The number of hydrogen-bond donors (Lipinski definition) is 1. The summed E-state index contributed by atoms with van der Waals surface area (Å²) in [6, 6.07) is 4.47. The summed E-state index contributed by atoms with van der Waals surface area (Å²) in [5.41, 5.74) is -0.729. The van der Waals surface area contributed by atoms with Crippen molar-refractivity contribution in [2.24, 2.45) is 0 Å². The predicted octanol–water partition coefficient (Wildman–Crippen LogP) is 2.60. The van der Waals surface area contributed by atoms with E-state index in [9.17, 15) is 18.0 Å². The van der Waals surface area contributed by atoms with Crippen LogP contribution < -0.4 is 5.32 Å². The van der Waals surface area contributed by atoms with Crippen LogP contribution >= 0.6 is 0 Å². The van der Waals surface area contributed by atoms with Gasteiger partial charge in [-0.25, -0.2) is 18.0 Å². The summed E-state index contributed by atoms with van der Waals surface area (Å²) in [6.07, 6.45) is -0.814. The first kappa shape index (κ1) is 23.2. The lowest BCUT2D eigenvalue weighted by molar-refractivity contribution is -0.145. The van der Waals surface area contributed by atoms with E-state index in [1.54, 1.807) is 53.7 Å². The number of ether oxygens (including phenoxy) is 2. The molecule has 1 fully saturated rings. The number of amides is 1. The lowest BCUT2D eigenvalue weighted by Crippen LogP contribution is -2.49. The molecular weight excluding hydrogens is 396 g/mol. The molecule has 0 aromatic heterocycles. The fourth-order valence-electron chi connectivity index (χ4n) is 3.24. The third-order valence-corrected chi connectivity index (χ3v) is 6.67. The maximum Gasteiger partial charge on any atom is 0.408 e. The molecule has 0 spiro atoms. The van der Waals surface area contributed by atoms with Gasteiger partial charge in [0.15, 0.2) is 0 Å². The quantitative estimate of drug-likeness (QED) is 0.554. The third-order valence-electron chi connectivity index (χ3n) is 4.58. The Hall–Kier alpha value is -2.13. The smallest absolute Gasteiger partial charge is 0.408 e. The Bertz CT molecular complexity index is 871. The summed E-state index contributed by atoms with van der Waals surface area (Å²) in [6.45, 7) is 12.1. The van der Waals surface area contributed by atoms with Crippen molar-refractivity contribution in [1.82, 2.24) is 9.62 Å². The van der Waals surface area contributed by atoms with Crippen molar-refractivity contribution >= 4 is 22.1 Å². The SMILES string of the molecule is CCOC(=O)[C@@H](NC(=O)OC(C)(C)C)[C@@H]1N(S(=O)(=O)c2ccc(C)cc2)C1(C)C. The number of carbonyl (C=O) groups excluding carboxylic acids is 2. The van der Waals surface area contributed by atoms with Crippen LogP contribution in [-0.2, 0) is 24.3 Å². The van der Waals surface area contributed by atoms with Crippen LogP contribution in [0.4, 0.5) is 4.79 Å². The van der Waals surface area contributed by atoms with Gasteiger partial charge in [-0.3, -0.25) is 0 Å². The Morgan fingerprint density at radius 2 is 1.76 bits per heavy atom. The summed E-state index contributed by atoms with van der Waals surface area (Å²) >= 11 is 0. The van der Waals surface area contributed by atoms with E-state index >= 15 is 0 Å². The zero-order chi connectivity index (χ0) is 22.2. The molecule has 1 amide bonds. The number of hydrogen-bond acceptors (Lipinski definition) is 6. The molecule has 8 nitrogen and oxygen atoms in total. The second kappa shape index (κ2) is 7.95. The summed E-state index contributed by atoms with van der Waals surface area (Å²) in [5, 5.41) is 2.50. The van der Waals surface area contributed by atoms with Crippen LogP contribution in [0.5, 0.6) is 0 Å². The fraction of sp³-hybridized carbons (Fsp3) is 0.600. The van der Waals surface area contributed by atoms with Gasteiger partial charge in [-0.15, -0.1) is 0 Å². The van der Waals surface area contributed by atoms with Crippen LogP contribution in [0.15, 0.2) is 29.2 Å². The van der Waals surface area contributed by atoms with E-state index in [0.717, 1.165) is 5.56 Å². The van der Waals surface area contributed by atoms with Crippen molar-refractivity contribution in [3.8, 4) is 0 Å². The van der Waals surface area contributed by atoms with Gasteiger partial charge in [0, 0.05) is 0 Å². The number of aryl methyl sites for hydroxylation is 1. The zero-order valence-corrected chi connectivity index (χ0v) is 18.8. The van der Waals surface area contributed by atoms with E-state index in [2.05, 4.69) is 5.32 Å². The van der Waals surface area contributed by atoms with Gasteiger partial charge in [0.25, 0.3) is 0 Å². The number of alkyl carbamates (subject to hydrolysis) is 1. The molecule has 0 saturated carbocycles. The Morgan fingerprint density at radius 3 is 2.24 bits per heavy atom. The number of sulfonamides is 1. The lowest BCUT2D eigenvalue weighted by atomic mass is 10.0. The Labute approximate surface area is 172 Å². The summed E-state index contributed by atoms with van der Waals surface area (Å²) < 4.78 is 37.9. The molecule has 29 heavy (non-hydrogen) atoms. The first-order valence-corrected chi connectivity index (χ1v) is 10.9. The highest BCUT2D eigenvalue weighted by Gasteiger charge is 2.67. The van der Waals surface area contributed by atoms with Crippen molar-refractivity contribution in [2.75, 3.05) is 6.61 Å². The highest BCUT2D eigenvalue weighted by molar-refractivity contribution is 7.89. The predicted molar refractivity (Wildman–Crippen MR) is 108 cm³/mol. The molecule has 162 valence electrons. The van der Waals surface area contributed by atoms with E-state index in [0.29, 0.717) is 0 Å². The van der Waals surface area contributed by atoms with Crippen molar-refractivity contribution in [3.05, 3.63) is 29.8 Å². The monoisotopic (exact) mass is 426 g/mol. The molecule has 2 rings (SSSR count). The van der Waals surface area contributed by atoms with Crippen molar-refractivity contribution in [3.63, 3.8) is 0 Å². The molecule has 1 aromatic carbocycles. The molecule has 1 saturated heterocycles. The maximum atomic E-state index is 13.2. The molecule has 0 radical (unpaired) electrons. The first-order chi connectivity index (χ1) is 13.2. The Kier molecular flexibility index (Phi) is 6.34. The van der Waals surface area contributed by atoms with Crippen LogP contribution in [0.25, 0.3) is 0 Å². The largest absolute Gasteiger partial charge is 0.464 e. The summed E-state index contributed by atoms with van der Waals surface area (Å²) in [7, 11) is -3.87. The highest BCUT2D eigenvalue weighted by Crippen LogP contribution is 2.47. The Balaban J connectivity index is 2.34. The summed E-state index contributed by atoms with van der Waals surface area (Å²) in [4.78, 5) is 25.0. The highest BCUT2D eigenvalue weighted by atomic mass is 32.2. The normalized spacial score (nSPS) is 21.8. The minimum absolute atomic E-state index is 0.100. The minimum Gasteiger partial charge on any atom is -0.464 e. The number of esters is 1. The van der Waals surface area contributed by atoms with Crippen LogP contribution in [0.2, 0.25) is 0 Å². The third kappa shape index (κ3) is 5.08. The van der Waals surface area contributed by atoms with E-state index in [1.165, 1.54) is 16.4 Å². The van der Waals surface area contributed by atoms with Crippen LogP contribution in [0.3, 0.4) is 0 Å². The van der Waals surface area contributed by atoms with Gasteiger partial charge in [-0.05, 0) is 60.6 Å².